The van der Waals surface area contributed by atoms with Crippen LogP contribution in [0.1, 0.15) is 48.1 Å². The molecule has 0 radical (unpaired) electrons. The fourth-order valence-corrected chi connectivity index (χ4v) is 2.37. The van der Waals surface area contributed by atoms with Crippen molar-refractivity contribution in [3.63, 3.8) is 0 Å². The van der Waals surface area contributed by atoms with Crippen LogP contribution in [0.5, 0.6) is 0 Å². The number of carbonyl (C=O) groups is 2. The van der Waals surface area contributed by atoms with Crippen molar-refractivity contribution in [3.8, 4) is 0 Å². The molecule has 130 valence electrons. The van der Waals surface area contributed by atoms with Crippen molar-refractivity contribution in [2.75, 3.05) is 33.4 Å². The van der Waals surface area contributed by atoms with E-state index >= 15 is 0 Å². The number of nitrogens with zero attached hydrogens (tertiary/aromatic N) is 1. The van der Waals surface area contributed by atoms with Crippen LogP contribution in [0, 0.1) is 13.8 Å². The van der Waals surface area contributed by atoms with Crippen LogP contribution in [-0.4, -0.2) is 50.1 Å². The Morgan fingerprint density at radius 1 is 1.30 bits per heavy atom. The quantitative estimate of drug-likeness (QED) is 0.670. The molecule has 23 heavy (non-hydrogen) atoms. The summed E-state index contributed by atoms with van der Waals surface area (Å²) in [5, 5.41) is 2.83. The Bertz CT molecular complexity index is 511. The zero-order valence-electron chi connectivity index (χ0n) is 14.6. The van der Waals surface area contributed by atoms with Gasteiger partial charge in [0.05, 0.1) is 5.56 Å². The number of hydrogen-bond acceptors (Lipinski definition) is 4. The predicted octanol–water partition coefficient (Wildman–Crippen LogP) is 2.29. The Morgan fingerprint density at radius 3 is 2.61 bits per heavy atom. The number of aryl methyl sites for hydroxylation is 2. The molecule has 0 saturated heterocycles. The largest absolute Gasteiger partial charge is 0.466 e. The maximum Gasteiger partial charge on any atom is 0.257 e. The summed E-state index contributed by atoms with van der Waals surface area (Å²) in [5.74, 6) is 1.22. The average molecular weight is 324 g/mol. The van der Waals surface area contributed by atoms with Gasteiger partial charge in [-0.1, -0.05) is 6.92 Å². The highest BCUT2D eigenvalue weighted by atomic mass is 16.5. The summed E-state index contributed by atoms with van der Waals surface area (Å²) in [6, 6.07) is 1.76. The first-order valence-electron chi connectivity index (χ1n) is 8.11. The van der Waals surface area contributed by atoms with E-state index in [-0.39, 0.29) is 11.8 Å². The highest BCUT2D eigenvalue weighted by Crippen LogP contribution is 2.16. The highest BCUT2D eigenvalue weighted by molar-refractivity contribution is 5.95. The smallest absolute Gasteiger partial charge is 0.257 e. The molecule has 1 rings (SSSR count). The van der Waals surface area contributed by atoms with Crippen molar-refractivity contribution >= 4 is 11.8 Å². The summed E-state index contributed by atoms with van der Waals surface area (Å²) < 4.78 is 10.4. The molecule has 0 unspecified atom stereocenters. The number of methoxy groups -OCH3 is 1. The zero-order valence-corrected chi connectivity index (χ0v) is 14.6. The Hall–Kier alpha value is -1.82. The highest BCUT2D eigenvalue weighted by Gasteiger charge is 2.20. The van der Waals surface area contributed by atoms with E-state index in [2.05, 4.69) is 5.32 Å². The second-order valence-electron chi connectivity index (χ2n) is 5.57. The summed E-state index contributed by atoms with van der Waals surface area (Å²) in [6.07, 6.45) is 1.93. The Morgan fingerprint density at radius 2 is 2.04 bits per heavy atom. The number of carbonyl (C=O) groups excluding carboxylic acids is 2. The van der Waals surface area contributed by atoms with E-state index in [1.165, 1.54) is 0 Å². The summed E-state index contributed by atoms with van der Waals surface area (Å²) in [4.78, 5) is 26.1. The predicted molar refractivity (Wildman–Crippen MR) is 88.5 cm³/mol. The van der Waals surface area contributed by atoms with Gasteiger partial charge in [0, 0.05) is 39.8 Å². The molecule has 6 heteroatoms. The van der Waals surface area contributed by atoms with E-state index < -0.39 is 0 Å². The number of furan rings is 1. The Balaban J connectivity index is 2.53. The second kappa shape index (κ2) is 10.0. The number of amides is 2. The number of ether oxygens (including phenoxy) is 1. The van der Waals surface area contributed by atoms with Gasteiger partial charge in [-0.25, -0.2) is 0 Å². The summed E-state index contributed by atoms with van der Waals surface area (Å²) in [5.41, 5.74) is 0.580. The summed E-state index contributed by atoms with van der Waals surface area (Å²) >= 11 is 0. The van der Waals surface area contributed by atoms with Crippen molar-refractivity contribution < 1.29 is 18.7 Å². The van der Waals surface area contributed by atoms with Gasteiger partial charge in [-0.2, -0.15) is 0 Å². The average Bonchev–Trinajstić information content (AvgIpc) is 2.86. The molecular formula is C17H28N2O4. The molecule has 1 aromatic rings. The second-order valence-corrected chi connectivity index (χ2v) is 5.57. The minimum atomic E-state index is -0.0756. The van der Waals surface area contributed by atoms with E-state index in [1.54, 1.807) is 25.0 Å². The van der Waals surface area contributed by atoms with Crippen LogP contribution in [0.4, 0.5) is 0 Å². The molecule has 6 nitrogen and oxygen atoms in total. The number of hydrogen-bond donors (Lipinski definition) is 1. The van der Waals surface area contributed by atoms with Crippen LogP contribution < -0.4 is 5.32 Å². The van der Waals surface area contributed by atoms with E-state index in [0.717, 1.165) is 18.6 Å². The number of rotatable bonds is 10. The van der Waals surface area contributed by atoms with Gasteiger partial charge in [0.15, 0.2) is 0 Å². The first-order chi connectivity index (χ1) is 11.0. The molecule has 2 amide bonds. The van der Waals surface area contributed by atoms with Crippen LogP contribution in [0.2, 0.25) is 0 Å². The van der Waals surface area contributed by atoms with Gasteiger partial charge < -0.3 is 19.4 Å². The standard InChI is InChI=1S/C17H28N2O4/c1-5-9-19(10-7-16(20)18-8-6-11-22-4)17(21)15-12-13(2)23-14(15)3/h12H,5-11H2,1-4H3,(H,18,20). The molecule has 0 spiro atoms. The monoisotopic (exact) mass is 324 g/mol. The van der Waals surface area contributed by atoms with Crippen molar-refractivity contribution in [1.29, 1.82) is 0 Å². The molecule has 0 aliphatic heterocycles. The van der Waals surface area contributed by atoms with Crippen molar-refractivity contribution in [1.82, 2.24) is 10.2 Å². The van der Waals surface area contributed by atoms with Crippen LogP contribution in [0.25, 0.3) is 0 Å². The zero-order chi connectivity index (χ0) is 17.2. The molecule has 1 N–H and O–H groups in total. The minimum Gasteiger partial charge on any atom is -0.466 e. The molecule has 0 aliphatic rings. The van der Waals surface area contributed by atoms with Crippen molar-refractivity contribution in [2.45, 2.75) is 40.0 Å². The molecule has 0 aliphatic carbocycles. The third kappa shape index (κ3) is 6.44. The molecule has 0 aromatic carbocycles. The molecule has 0 atom stereocenters. The van der Waals surface area contributed by atoms with Gasteiger partial charge in [-0.15, -0.1) is 0 Å². The van der Waals surface area contributed by atoms with Crippen LogP contribution in [-0.2, 0) is 9.53 Å². The minimum absolute atomic E-state index is 0.0462. The molecule has 0 fully saturated rings. The maximum absolute atomic E-state index is 12.6. The van der Waals surface area contributed by atoms with Gasteiger partial charge in [-0.05, 0) is 32.8 Å². The van der Waals surface area contributed by atoms with Gasteiger partial charge in [0.1, 0.15) is 11.5 Å². The fraction of sp³-hybridized carbons (Fsp3) is 0.647. The first-order valence-corrected chi connectivity index (χ1v) is 8.11. The topological polar surface area (TPSA) is 71.8 Å². The lowest BCUT2D eigenvalue weighted by atomic mass is 10.2. The Kier molecular flexibility index (Phi) is 8.40. The van der Waals surface area contributed by atoms with Crippen LogP contribution in [0.15, 0.2) is 10.5 Å². The molecule has 1 aromatic heterocycles. The van der Waals surface area contributed by atoms with Crippen LogP contribution >= 0.6 is 0 Å². The lowest BCUT2D eigenvalue weighted by Crippen LogP contribution is -2.36. The maximum atomic E-state index is 12.6. The van der Waals surface area contributed by atoms with Gasteiger partial charge in [0.2, 0.25) is 5.91 Å². The molecule has 0 saturated carbocycles. The molecule has 0 bridgehead atoms. The lowest BCUT2D eigenvalue weighted by molar-refractivity contribution is -0.121. The van der Waals surface area contributed by atoms with E-state index in [9.17, 15) is 9.59 Å². The fourth-order valence-electron chi connectivity index (χ4n) is 2.37. The van der Waals surface area contributed by atoms with Crippen molar-refractivity contribution in [2.24, 2.45) is 0 Å². The Labute approximate surface area is 138 Å². The third-order valence-corrected chi connectivity index (χ3v) is 3.51. The van der Waals surface area contributed by atoms with Gasteiger partial charge in [-0.3, -0.25) is 9.59 Å². The first kappa shape index (κ1) is 19.2. The van der Waals surface area contributed by atoms with E-state index in [0.29, 0.717) is 44.0 Å². The third-order valence-electron chi connectivity index (χ3n) is 3.51. The summed E-state index contributed by atoms with van der Waals surface area (Å²) in [6.45, 7) is 7.87. The number of nitrogens with one attached hydrogen (secondary N) is 1. The SMILES string of the molecule is CCCN(CCC(=O)NCCCOC)C(=O)c1cc(C)oc1C. The molecule has 1 heterocycles. The summed E-state index contributed by atoms with van der Waals surface area (Å²) in [7, 11) is 1.63. The van der Waals surface area contributed by atoms with E-state index in [4.69, 9.17) is 9.15 Å². The lowest BCUT2D eigenvalue weighted by Gasteiger charge is -2.21. The normalized spacial score (nSPS) is 10.6. The molecular weight excluding hydrogens is 296 g/mol. The van der Waals surface area contributed by atoms with E-state index in [1.807, 2.05) is 13.8 Å². The van der Waals surface area contributed by atoms with Gasteiger partial charge in [0.25, 0.3) is 5.91 Å². The van der Waals surface area contributed by atoms with Gasteiger partial charge >= 0.3 is 0 Å². The van der Waals surface area contributed by atoms with Crippen molar-refractivity contribution in [3.05, 3.63) is 23.2 Å². The van der Waals surface area contributed by atoms with Crippen LogP contribution in [0.3, 0.4) is 0 Å².